The van der Waals surface area contributed by atoms with Gasteiger partial charge >= 0.3 is 6.09 Å². The highest BCUT2D eigenvalue weighted by atomic mass is 32.1. The molecule has 0 unspecified atom stereocenters. The Kier molecular flexibility index (Phi) is 6.62. The van der Waals surface area contributed by atoms with Crippen molar-refractivity contribution in [2.24, 2.45) is 0 Å². The summed E-state index contributed by atoms with van der Waals surface area (Å²) in [5, 5.41) is 12.3. The molecule has 0 spiro atoms. The maximum atomic E-state index is 14.4. The fourth-order valence-electron chi connectivity index (χ4n) is 2.83. The van der Waals surface area contributed by atoms with Gasteiger partial charge in [-0.05, 0) is 40.6 Å². The normalized spacial score (nSPS) is 14.4. The fraction of sp³-hybridized carbons (Fsp3) is 0.263. The molecule has 1 aromatic heterocycles. The van der Waals surface area contributed by atoms with E-state index in [9.17, 15) is 14.0 Å². The van der Waals surface area contributed by atoms with Crippen molar-refractivity contribution in [2.45, 2.75) is 6.61 Å². The molecule has 2 aromatic rings. The number of carbonyl (C=O) groups is 2. The highest BCUT2D eigenvalue weighted by Gasteiger charge is 2.23. The monoisotopic (exact) mass is 405 g/mol. The zero-order valence-corrected chi connectivity index (χ0v) is 15.8. The molecule has 3 rings (SSSR count). The molecule has 1 fully saturated rings. The molecule has 1 saturated heterocycles. The van der Waals surface area contributed by atoms with E-state index < -0.39 is 11.7 Å². The fourth-order valence-corrected chi connectivity index (χ4v) is 3.49. The molecular weight excluding hydrogens is 385 g/mol. The quantitative estimate of drug-likeness (QED) is 0.454. The van der Waals surface area contributed by atoms with E-state index in [4.69, 9.17) is 9.94 Å². The van der Waals surface area contributed by atoms with E-state index in [-0.39, 0.29) is 12.7 Å². The number of benzene rings is 1. The molecule has 2 amide bonds. The van der Waals surface area contributed by atoms with E-state index in [1.165, 1.54) is 17.6 Å². The second kappa shape index (κ2) is 9.34. The Balaban J connectivity index is 1.53. The Hall–Kier alpha value is -2.91. The zero-order chi connectivity index (χ0) is 19.9. The van der Waals surface area contributed by atoms with E-state index >= 15 is 0 Å². The van der Waals surface area contributed by atoms with Crippen LogP contribution in [-0.2, 0) is 16.1 Å². The van der Waals surface area contributed by atoms with Crippen LogP contribution in [-0.4, -0.2) is 48.3 Å². The number of halogens is 1. The summed E-state index contributed by atoms with van der Waals surface area (Å²) in [5.74, 6) is -1.11. The lowest BCUT2D eigenvalue weighted by molar-refractivity contribution is -0.124. The average molecular weight is 405 g/mol. The van der Waals surface area contributed by atoms with Crippen LogP contribution in [0.2, 0.25) is 0 Å². The van der Waals surface area contributed by atoms with Gasteiger partial charge in [-0.3, -0.25) is 10.0 Å². The van der Waals surface area contributed by atoms with Crippen LogP contribution in [0.1, 0.15) is 11.1 Å². The number of nitrogens with one attached hydrogen (secondary N) is 1. The van der Waals surface area contributed by atoms with Gasteiger partial charge < -0.3 is 14.5 Å². The lowest BCUT2D eigenvalue weighted by Crippen LogP contribution is -2.49. The number of hydrogen-bond acceptors (Lipinski definition) is 6. The van der Waals surface area contributed by atoms with Crippen molar-refractivity contribution in [1.82, 2.24) is 10.4 Å². The highest BCUT2D eigenvalue weighted by Crippen LogP contribution is 2.23. The lowest BCUT2D eigenvalue weighted by Gasteiger charge is -2.35. The van der Waals surface area contributed by atoms with Crippen LogP contribution in [0, 0.1) is 5.82 Å². The van der Waals surface area contributed by atoms with Crippen LogP contribution in [0.4, 0.5) is 14.9 Å². The molecule has 0 radical (unpaired) electrons. The van der Waals surface area contributed by atoms with Gasteiger partial charge in [0, 0.05) is 37.8 Å². The van der Waals surface area contributed by atoms with Crippen molar-refractivity contribution >= 4 is 35.1 Å². The summed E-state index contributed by atoms with van der Waals surface area (Å²) in [6.07, 6.45) is 2.14. The van der Waals surface area contributed by atoms with Crippen molar-refractivity contribution in [2.75, 3.05) is 31.1 Å². The number of hydroxylamine groups is 1. The average Bonchev–Trinajstić information content (AvgIpc) is 3.24. The molecule has 0 aliphatic carbocycles. The number of piperazine rings is 1. The third-order valence-electron chi connectivity index (χ3n) is 4.33. The molecular formula is C19H20FN3O4S. The number of carbonyl (C=O) groups excluding carboxylic acids is 2. The molecule has 148 valence electrons. The molecule has 2 heterocycles. The minimum atomic E-state index is -0.688. The number of hydrogen-bond donors (Lipinski definition) is 2. The second-order valence-corrected chi connectivity index (χ2v) is 6.96. The minimum Gasteiger partial charge on any atom is -0.445 e. The Morgan fingerprint density at radius 3 is 2.68 bits per heavy atom. The zero-order valence-electron chi connectivity index (χ0n) is 15.0. The van der Waals surface area contributed by atoms with Gasteiger partial charge in [0.2, 0.25) is 0 Å². The van der Waals surface area contributed by atoms with Crippen molar-refractivity contribution in [3.63, 3.8) is 0 Å². The summed E-state index contributed by atoms with van der Waals surface area (Å²) >= 11 is 1.55. The van der Waals surface area contributed by atoms with E-state index in [0.29, 0.717) is 37.4 Å². The molecule has 0 saturated carbocycles. The Labute approximate surface area is 165 Å². The standard InChI is InChI=1S/C19H20FN3O4S/c20-16-11-14(2-4-18(24)21-26)1-3-17(16)22-6-8-23(9-7-22)19(25)27-12-15-5-10-28-13-15/h1-5,10-11,13,26H,6-9,12H2,(H,21,24)/b4-2+. The first kappa shape index (κ1) is 19.8. The number of amides is 2. The summed E-state index contributed by atoms with van der Waals surface area (Å²) in [6.45, 7) is 2.13. The van der Waals surface area contributed by atoms with E-state index in [1.807, 2.05) is 21.7 Å². The number of nitrogens with zero attached hydrogens (tertiary/aromatic N) is 2. The molecule has 1 aliphatic rings. The maximum Gasteiger partial charge on any atom is 0.410 e. The first-order chi connectivity index (χ1) is 13.6. The van der Waals surface area contributed by atoms with Gasteiger partial charge in [0.05, 0.1) is 5.69 Å². The highest BCUT2D eigenvalue weighted by molar-refractivity contribution is 7.07. The Morgan fingerprint density at radius 1 is 1.25 bits per heavy atom. The van der Waals surface area contributed by atoms with Crippen LogP contribution in [0.5, 0.6) is 0 Å². The van der Waals surface area contributed by atoms with Crippen LogP contribution >= 0.6 is 11.3 Å². The van der Waals surface area contributed by atoms with Crippen molar-refractivity contribution in [3.8, 4) is 0 Å². The van der Waals surface area contributed by atoms with Gasteiger partial charge in [-0.15, -0.1) is 0 Å². The van der Waals surface area contributed by atoms with Crippen molar-refractivity contribution in [1.29, 1.82) is 0 Å². The maximum absolute atomic E-state index is 14.4. The van der Waals surface area contributed by atoms with Gasteiger partial charge in [0.1, 0.15) is 12.4 Å². The van der Waals surface area contributed by atoms with E-state index in [0.717, 1.165) is 11.6 Å². The molecule has 2 N–H and O–H groups in total. The third kappa shape index (κ3) is 5.08. The smallest absolute Gasteiger partial charge is 0.410 e. The van der Waals surface area contributed by atoms with Gasteiger partial charge in [-0.25, -0.2) is 14.7 Å². The van der Waals surface area contributed by atoms with Crippen LogP contribution in [0.25, 0.3) is 6.08 Å². The number of thiophene rings is 1. The summed E-state index contributed by atoms with van der Waals surface area (Å²) in [4.78, 5) is 26.6. The SMILES string of the molecule is O=C(/C=C/c1ccc(N2CCN(C(=O)OCc3ccsc3)CC2)c(F)c1)NO. The topological polar surface area (TPSA) is 82.1 Å². The molecule has 7 nitrogen and oxygen atoms in total. The number of rotatable bonds is 5. The van der Waals surface area contributed by atoms with Crippen LogP contribution in [0.3, 0.4) is 0 Å². The lowest BCUT2D eigenvalue weighted by atomic mass is 10.1. The second-order valence-electron chi connectivity index (χ2n) is 6.18. The van der Waals surface area contributed by atoms with Gasteiger partial charge in [0.25, 0.3) is 5.91 Å². The van der Waals surface area contributed by atoms with E-state index in [2.05, 4.69) is 0 Å². The number of ether oxygens (including phenoxy) is 1. The summed E-state index contributed by atoms with van der Waals surface area (Å²) in [5.41, 5.74) is 3.38. The predicted molar refractivity (Wildman–Crippen MR) is 104 cm³/mol. The summed E-state index contributed by atoms with van der Waals surface area (Å²) < 4.78 is 19.7. The largest absolute Gasteiger partial charge is 0.445 e. The van der Waals surface area contributed by atoms with Gasteiger partial charge in [-0.2, -0.15) is 11.3 Å². The Morgan fingerprint density at radius 2 is 2.04 bits per heavy atom. The first-order valence-electron chi connectivity index (χ1n) is 8.66. The molecule has 1 aliphatic heterocycles. The Bertz CT molecular complexity index is 849. The predicted octanol–water partition coefficient (Wildman–Crippen LogP) is 2.86. The van der Waals surface area contributed by atoms with Crippen molar-refractivity contribution < 1.29 is 23.9 Å². The molecule has 0 atom stereocenters. The third-order valence-corrected chi connectivity index (χ3v) is 5.06. The molecule has 0 bridgehead atoms. The first-order valence-corrected chi connectivity index (χ1v) is 9.60. The summed E-state index contributed by atoms with van der Waals surface area (Å²) in [6, 6.07) is 6.54. The van der Waals surface area contributed by atoms with Crippen molar-refractivity contribution in [3.05, 3.63) is 58.0 Å². The van der Waals surface area contributed by atoms with Crippen LogP contribution < -0.4 is 10.4 Å². The number of anilines is 1. The van der Waals surface area contributed by atoms with Gasteiger partial charge in [0.15, 0.2) is 0 Å². The van der Waals surface area contributed by atoms with Gasteiger partial charge in [-0.1, -0.05) is 6.07 Å². The minimum absolute atomic E-state index is 0.250. The van der Waals surface area contributed by atoms with Crippen LogP contribution in [0.15, 0.2) is 41.1 Å². The molecule has 9 heteroatoms. The molecule has 28 heavy (non-hydrogen) atoms. The van der Waals surface area contributed by atoms with E-state index in [1.54, 1.807) is 28.4 Å². The summed E-state index contributed by atoms with van der Waals surface area (Å²) in [7, 11) is 0. The molecule has 1 aromatic carbocycles.